The highest BCUT2D eigenvalue weighted by Gasteiger charge is 2.09. The number of hydrogen-bond donors (Lipinski definition) is 1. The Labute approximate surface area is 113 Å². The quantitative estimate of drug-likeness (QED) is 0.679. The second kappa shape index (κ2) is 5.23. The number of benzene rings is 2. The molecule has 0 radical (unpaired) electrons. The fourth-order valence-corrected chi connectivity index (χ4v) is 1.88. The molecule has 2 aromatic rings. The average molecular weight is 307 g/mol. The molecule has 0 saturated carbocycles. The number of phenolic OH excluding ortho intramolecular Hbond substituents is 1. The van der Waals surface area contributed by atoms with Gasteiger partial charge in [0.15, 0.2) is 0 Å². The predicted molar refractivity (Wildman–Crippen MR) is 72.6 cm³/mol. The fraction of sp³-hybridized carbons (Fsp3) is 0.0714. The summed E-state index contributed by atoms with van der Waals surface area (Å²) in [6.45, 7) is 1.33. The lowest BCUT2D eigenvalue weighted by Gasteiger charge is -2.09. The first-order chi connectivity index (χ1) is 8.56. The van der Waals surface area contributed by atoms with Crippen molar-refractivity contribution in [2.45, 2.75) is 6.92 Å². The average Bonchev–Trinajstić information content (AvgIpc) is 2.30. The van der Waals surface area contributed by atoms with E-state index in [1.165, 1.54) is 13.0 Å². The third-order valence-electron chi connectivity index (χ3n) is 2.37. The van der Waals surface area contributed by atoms with E-state index in [-0.39, 0.29) is 5.75 Å². The number of rotatable bonds is 2. The van der Waals surface area contributed by atoms with Gasteiger partial charge < -0.3 is 9.84 Å². The molecule has 0 aliphatic carbocycles. The maximum atomic E-state index is 11.1. The van der Waals surface area contributed by atoms with Crippen LogP contribution in [0.2, 0.25) is 0 Å². The first-order valence-electron chi connectivity index (χ1n) is 5.33. The first kappa shape index (κ1) is 12.6. The topological polar surface area (TPSA) is 46.5 Å². The van der Waals surface area contributed by atoms with Crippen LogP contribution in [0.5, 0.6) is 11.5 Å². The lowest BCUT2D eigenvalue weighted by atomic mass is 10.0. The predicted octanol–water partition coefficient (Wildman–Crippen LogP) is 3.75. The lowest BCUT2D eigenvalue weighted by molar-refractivity contribution is -0.131. The van der Waals surface area contributed by atoms with E-state index in [0.717, 1.165) is 15.6 Å². The molecule has 1 N–H and O–H groups in total. The van der Waals surface area contributed by atoms with Crippen molar-refractivity contribution in [3.05, 3.63) is 46.9 Å². The van der Waals surface area contributed by atoms with Gasteiger partial charge in [-0.25, -0.2) is 0 Å². The molecular weight excluding hydrogens is 296 g/mol. The van der Waals surface area contributed by atoms with Crippen molar-refractivity contribution in [1.82, 2.24) is 0 Å². The van der Waals surface area contributed by atoms with Gasteiger partial charge >= 0.3 is 5.97 Å². The van der Waals surface area contributed by atoms with Crippen molar-refractivity contribution < 1.29 is 14.6 Å². The van der Waals surface area contributed by atoms with Gasteiger partial charge in [-0.1, -0.05) is 28.1 Å². The Balaban J connectivity index is 2.49. The molecule has 0 aliphatic heterocycles. The largest absolute Gasteiger partial charge is 0.508 e. The Morgan fingerprint density at radius 3 is 2.44 bits per heavy atom. The zero-order valence-electron chi connectivity index (χ0n) is 9.68. The van der Waals surface area contributed by atoms with Gasteiger partial charge in [-0.05, 0) is 29.8 Å². The van der Waals surface area contributed by atoms with Gasteiger partial charge in [0.1, 0.15) is 11.5 Å². The molecule has 92 valence electrons. The maximum Gasteiger partial charge on any atom is 0.308 e. The van der Waals surface area contributed by atoms with Crippen molar-refractivity contribution in [3.63, 3.8) is 0 Å². The Hall–Kier alpha value is -1.81. The molecule has 2 aromatic carbocycles. The molecule has 0 aliphatic rings. The Morgan fingerprint density at radius 2 is 1.83 bits per heavy atom. The maximum absolute atomic E-state index is 11.1. The van der Waals surface area contributed by atoms with Gasteiger partial charge in [0.05, 0.1) is 0 Å². The molecule has 0 aromatic heterocycles. The highest BCUT2D eigenvalue weighted by Crippen LogP contribution is 2.33. The van der Waals surface area contributed by atoms with Gasteiger partial charge in [-0.2, -0.15) is 0 Å². The van der Waals surface area contributed by atoms with Crippen LogP contribution in [0.4, 0.5) is 0 Å². The molecular formula is C14H11BrO3. The summed E-state index contributed by atoms with van der Waals surface area (Å²) in [7, 11) is 0. The molecule has 0 saturated heterocycles. The molecule has 0 unspecified atom stereocenters. The third-order valence-corrected chi connectivity index (χ3v) is 2.90. The number of carbonyl (C=O) groups excluding carboxylic acids is 1. The van der Waals surface area contributed by atoms with Crippen LogP contribution in [-0.2, 0) is 4.79 Å². The molecule has 0 bridgehead atoms. The summed E-state index contributed by atoms with van der Waals surface area (Å²) in [4.78, 5) is 11.1. The van der Waals surface area contributed by atoms with E-state index in [1.54, 1.807) is 12.1 Å². The van der Waals surface area contributed by atoms with E-state index in [0.29, 0.717) is 5.75 Å². The SMILES string of the molecule is CC(=O)Oc1cc(O)ccc1-c1ccc(Br)cc1. The summed E-state index contributed by atoms with van der Waals surface area (Å²) >= 11 is 3.36. The van der Waals surface area contributed by atoms with E-state index >= 15 is 0 Å². The number of phenols is 1. The Kier molecular flexibility index (Phi) is 3.67. The van der Waals surface area contributed by atoms with E-state index in [4.69, 9.17) is 4.74 Å². The second-order valence-electron chi connectivity index (χ2n) is 3.78. The lowest BCUT2D eigenvalue weighted by Crippen LogP contribution is -2.02. The number of esters is 1. The molecule has 18 heavy (non-hydrogen) atoms. The zero-order valence-corrected chi connectivity index (χ0v) is 11.3. The van der Waals surface area contributed by atoms with E-state index in [9.17, 15) is 9.90 Å². The minimum Gasteiger partial charge on any atom is -0.508 e. The van der Waals surface area contributed by atoms with E-state index in [1.807, 2.05) is 24.3 Å². The van der Waals surface area contributed by atoms with Gasteiger partial charge in [0.25, 0.3) is 0 Å². The number of halogens is 1. The summed E-state index contributed by atoms with van der Waals surface area (Å²) in [5.41, 5.74) is 1.67. The molecule has 0 amide bonds. The fourth-order valence-electron chi connectivity index (χ4n) is 1.62. The molecule has 0 spiro atoms. The van der Waals surface area contributed by atoms with Gasteiger partial charge in [-0.15, -0.1) is 0 Å². The summed E-state index contributed by atoms with van der Waals surface area (Å²) in [5, 5.41) is 9.44. The number of carbonyl (C=O) groups is 1. The van der Waals surface area contributed by atoms with Crippen molar-refractivity contribution in [3.8, 4) is 22.6 Å². The minimum atomic E-state index is -0.418. The van der Waals surface area contributed by atoms with Crippen molar-refractivity contribution in [2.24, 2.45) is 0 Å². The third kappa shape index (κ3) is 2.90. The molecule has 0 fully saturated rings. The number of aromatic hydroxyl groups is 1. The van der Waals surface area contributed by atoms with Crippen LogP contribution >= 0.6 is 15.9 Å². The summed E-state index contributed by atoms with van der Waals surface area (Å²) in [5.74, 6) is -0.00380. The van der Waals surface area contributed by atoms with Crippen LogP contribution in [-0.4, -0.2) is 11.1 Å². The van der Waals surface area contributed by atoms with Crippen LogP contribution in [0.25, 0.3) is 11.1 Å². The number of ether oxygens (including phenoxy) is 1. The normalized spacial score (nSPS) is 10.1. The van der Waals surface area contributed by atoms with Crippen molar-refractivity contribution >= 4 is 21.9 Å². The van der Waals surface area contributed by atoms with E-state index in [2.05, 4.69) is 15.9 Å². The summed E-state index contributed by atoms with van der Waals surface area (Å²) in [6.07, 6.45) is 0. The molecule has 4 heteroatoms. The van der Waals surface area contributed by atoms with Crippen LogP contribution in [0.15, 0.2) is 46.9 Å². The molecule has 3 nitrogen and oxygen atoms in total. The highest BCUT2D eigenvalue weighted by atomic mass is 79.9. The smallest absolute Gasteiger partial charge is 0.308 e. The summed E-state index contributed by atoms with van der Waals surface area (Å²) < 4.78 is 6.07. The number of hydrogen-bond acceptors (Lipinski definition) is 3. The first-order valence-corrected chi connectivity index (χ1v) is 6.13. The van der Waals surface area contributed by atoms with Crippen LogP contribution in [0.3, 0.4) is 0 Å². The van der Waals surface area contributed by atoms with Crippen molar-refractivity contribution in [1.29, 1.82) is 0 Å². The molecule has 0 atom stereocenters. The minimum absolute atomic E-state index is 0.0621. The Bertz CT molecular complexity index is 576. The second-order valence-corrected chi connectivity index (χ2v) is 4.70. The van der Waals surface area contributed by atoms with Crippen LogP contribution in [0.1, 0.15) is 6.92 Å². The Morgan fingerprint density at radius 1 is 1.17 bits per heavy atom. The molecule has 0 heterocycles. The van der Waals surface area contributed by atoms with Gasteiger partial charge in [-0.3, -0.25) is 4.79 Å². The van der Waals surface area contributed by atoms with Crippen molar-refractivity contribution in [2.75, 3.05) is 0 Å². The summed E-state index contributed by atoms with van der Waals surface area (Å²) in [6, 6.07) is 12.3. The van der Waals surface area contributed by atoms with Gasteiger partial charge in [0, 0.05) is 23.0 Å². The van der Waals surface area contributed by atoms with Crippen LogP contribution in [0, 0.1) is 0 Å². The zero-order chi connectivity index (χ0) is 13.1. The van der Waals surface area contributed by atoms with Crippen LogP contribution < -0.4 is 4.74 Å². The van der Waals surface area contributed by atoms with Gasteiger partial charge in [0.2, 0.25) is 0 Å². The van der Waals surface area contributed by atoms with E-state index < -0.39 is 5.97 Å². The standard InChI is InChI=1S/C14H11BrO3/c1-9(16)18-14-8-12(17)6-7-13(14)10-2-4-11(15)5-3-10/h2-8,17H,1H3. The monoisotopic (exact) mass is 306 g/mol. The molecule has 2 rings (SSSR count). The highest BCUT2D eigenvalue weighted by molar-refractivity contribution is 9.10.